The molecule has 9 aromatic carbocycles. The number of thiophene rings is 1. The zero-order valence-electron chi connectivity index (χ0n) is 32.7. The number of para-hydroxylation sites is 3. The molecule has 5 heterocycles. The molecule has 0 aliphatic heterocycles. The summed E-state index contributed by atoms with van der Waals surface area (Å²) in [6, 6.07) is 70.7. The van der Waals surface area contributed by atoms with E-state index >= 15 is 0 Å². The predicted molar refractivity (Wildman–Crippen MR) is 259 cm³/mol. The normalized spacial score (nSPS) is 12.3. The SMILES string of the molecule is c1ccc(-c2nc(-n3c4ccccc4c4cc(-c5ccc6c(c5)c5ccc7sc8cccc9c%10ccccc%10c%10ccccc%10n6c5c7c89)ccc43)nc3ccccc23)cc1. The van der Waals surface area contributed by atoms with Crippen LogP contribution in [0.25, 0.3) is 130 Å². The Morgan fingerprint density at radius 3 is 1.72 bits per heavy atom. The van der Waals surface area contributed by atoms with Crippen molar-refractivity contribution in [2.45, 2.75) is 0 Å². The molecule has 14 rings (SSSR count). The number of benzene rings is 9. The maximum Gasteiger partial charge on any atom is 0.235 e. The van der Waals surface area contributed by atoms with Crippen LogP contribution in [0.2, 0.25) is 0 Å². The first kappa shape index (κ1) is 33.0. The van der Waals surface area contributed by atoms with Crippen molar-refractivity contribution >= 4 is 113 Å². The fourth-order valence-corrected chi connectivity index (χ4v) is 11.4. The molecule has 0 unspecified atom stereocenters. The summed E-state index contributed by atoms with van der Waals surface area (Å²) in [5.74, 6) is 0.664. The molecule has 0 saturated heterocycles. The molecule has 0 amide bonds. The maximum atomic E-state index is 5.30. The Bertz CT molecular complexity index is 4160. The lowest BCUT2D eigenvalue weighted by atomic mass is 9.99. The number of hydrogen-bond acceptors (Lipinski definition) is 3. The van der Waals surface area contributed by atoms with Crippen molar-refractivity contribution in [2.24, 2.45) is 0 Å². The average molecular weight is 793 g/mol. The van der Waals surface area contributed by atoms with Crippen molar-refractivity contribution in [3.05, 3.63) is 194 Å². The Morgan fingerprint density at radius 2 is 0.918 bits per heavy atom. The van der Waals surface area contributed by atoms with E-state index in [1.165, 1.54) is 90.9 Å². The van der Waals surface area contributed by atoms with Crippen LogP contribution in [-0.4, -0.2) is 18.9 Å². The molecule has 282 valence electrons. The topological polar surface area (TPSA) is 35.1 Å². The summed E-state index contributed by atoms with van der Waals surface area (Å²) >= 11 is 1.89. The van der Waals surface area contributed by atoms with Crippen LogP contribution in [0.1, 0.15) is 0 Å². The molecule has 0 spiro atoms. The van der Waals surface area contributed by atoms with Crippen molar-refractivity contribution in [1.29, 1.82) is 0 Å². The van der Waals surface area contributed by atoms with Crippen LogP contribution in [0.3, 0.4) is 0 Å². The zero-order chi connectivity index (χ0) is 39.8. The number of aromatic nitrogens is 4. The second kappa shape index (κ2) is 12.3. The molecular formula is C56H32N4S. The fraction of sp³-hybridized carbons (Fsp3) is 0. The standard InChI is InChI=1S/C56H32N4S/c1-2-13-33(14-3-1)54-42-19-6-9-21-45(42)57-56(58-54)60-47-23-11-8-18-39(47)43-31-34(26-29-49(43)60)35-25-28-48-44(32-35)41-27-30-51-53-52-40(20-12-24-50(52)61-51)37-16-5-4-15-36(37)38-17-7-10-22-46(38)59(48)55(41)53/h1-32H. The molecule has 14 aromatic rings. The van der Waals surface area contributed by atoms with Gasteiger partial charge in [0.1, 0.15) is 0 Å². The Hall–Kier alpha value is -7.86. The molecule has 0 aliphatic rings. The average Bonchev–Trinajstić information content (AvgIpc) is 3.99. The maximum absolute atomic E-state index is 5.30. The van der Waals surface area contributed by atoms with Crippen LogP contribution in [0.4, 0.5) is 0 Å². The van der Waals surface area contributed by atoms with Gasteiger partial charge in [0.05, 0.1) is 38.8 Å². The molecule has 0 atom stereocenters. The lowest BCUT2D eigenvalue weighted by Crippen LogP contribution is -2.03. The van der Waals surface area contributed by atoms with Gasteiger partial charge >= 0.3 is 0 Å². The van der Waals surface area contributed by atoms with Crippen molar-refractivity contribution in [3.63, 3.8) is 0 Å². The Morgan fingerprint density at radius 1 is 0.344 bits per heavy atom. The second-order valence-electron chi connectivity index (χ2n) is 16.1. The van der Waals surface area contributed by atoms with Gasteiger partial charge in [0.15, 0.2) is 0 Å². The third-order valence-electron chi connectivity index (χ3n) is 12.9. The van der Waals surface area contributed by atoms with Gasteiger partial charge in [-0.1, -0.05) is 140 Å². The van der Waals surface area contributed by atoms with E-state index in [4.69, 9.17) is 9.97 Å². The van der Waals surface area contributed by atoms with Crippen LogP contribution in [-0.2, 0) is 0 Å². The van der Waals surface area contributed by atoms with Gasteiger partial charge in [-0.05, 0) is 81.9 Å². The fourth-order valence-electron chi connectivity index (χ4n) is 10.3. The molecule has 0 aliphatic carbocycles. The van der Waals surface area contributed by atoms with Crippen molar-refractivity contribution in [2.75, 3.05) is 0 Å². The molecule has 0 radical (unpaired) electrons. The van der Waals surface area contributed by atoms with E-state index in [1.807, 2.05) is 17.4 Å². The third-order valence-corrected chi connectivity index (χ3v) is 14.0. The Kier molecular flexibility index (Phi) is 6.68. The largest absolute Gasteiger partial charge is 0.308 e. The van der Waals surface area contributed by atoms with Gasteiger partial charge in [0, 0.05) is 58.1 Å². The lowest BCUT2D eigenvalue weighted by Gasteiger charge is -2.12. The van der Waals surface area contributed by atoms with E-state index in [0.29, 0.717) is 5.95 Å². The van der Waals surface area contributed by atoms with Crippen LogP contribution in [0, 0.1) is 0 Å². The van der Waals surface area contributed by atoms with Gasteiger partial charge in [-0.25, -0.2) is 9.97 Å². The molecule has 0 N–H and O–H groups in total. The molecule has 0 saturated carbocycles. The first-order chi connectivity index (χ1) is 30.3. The minimum Gasteiger partial charge on any atom is -0.308 e. The molecular weight excluding hydrogens is 761 g/mol. The van der Waals surface area contributed by atoms with E-state index in [1.54, 1.807) is 0 Å². The quantitative estimate of drug-likeness (QED) is 0.179. The second-order valence-corrected chi connectivity index (χ2v) is 17.2. The van der Waals surface area contributed by atoms with Gasteiger partial charge < -0.3 is 4.40 Å². The lowest BCUT2D eigenvalue weighted by molar-refractivity contribution is 1.01. The monoisotopic (exact) mass is 792 g/mol. The highest BCUT2D eigenvalue weighted by Gasteiger charge is 2.21. The molecule has 0 fully saturated rings. The summed E-state index contributed by atoms with van der Waals surface area (Å²) in [7, 11) is 0. The number of hydrogen-bond donors (Lipinski definition) is 0. The summed E-state index contributed by atoms with van der Waals surface area (Å²) < 4.78 is 7.40. The van der Waals surface area contributed by atoms with Gasteiger partial charge in [0.25, 0.3) is 0 Å². The van der Waals surface area contributed by atoms with E-state index < -0.39 is 0 Å². The molecule has 61 heavy (non-hydrogen) atoms. The van der Waals surface area contributed by atoms with E-state index in [9.17, 15) is 0 Å². The number of fused-ring (bicyclic) bond motifs is 12. The minimum atomic E-state index is 0.664. The van der Waals surface area contributed by atoms with E-state index in [2.05, 4.69) is 197 Å². The van der Waals surface area contributed by atoms with E-state index in [-0.39, 0.29) is 0 Å². The highest BCUT2D eigenvalue weighted by atomic mass is 32.1. The van der Waals surface area contributed by atoms with Gasteiger partial charge in [-0.2, -0.15) is 0 Å². The zero-order valence-corrected chi connectivity index (χ0v) is 33.5. The molecule has 5 heteroatoms. The number of nitrogens with zero attached hydrogens (tertiary/aromatic N) is 4. The molecule has 4 nitrogen and oxygen atoms in total. The Balaban J connectivity index is 1.04. The molecule has 5 aromatic heterocycles. The summed E-state index contributed by atoms with van der Waals surface area (Å²) in [5.41, 5.74) is 11.1. The third kappa shape index (κ3) is 4.58. The first-order valence-electron chi connectivity index (χ1n) is 20.7. The summed E-state index contributed by atoms with van der Waals surface area (Å²) in [6.07, 6.45) is 0. The van der Waals surface area contributed by atoms with Gasteiger partial charge in [0.2, 0.25) is 5.95 Å². The highest BCUT2D eigenvalue weighted by Crippen LogP contribution is 2.46. The Labute approximate surface area is 352 Å². The summed E-state index contributed by atoms with van der Waals surface area (Å²) in [5, 5.41) is 13.6. The minimum absolute atomic E-state index is 0.664. The van der Waals surface area contributed by atoms with Crippen LogP contribution < -0.4 is 0 Å². The smallest absolute Gasteiger partial charge is 0.235 e. The number of rotatable bonds is 3. The van der Waals surface area contributed by atoms with Crippen LogP contribution in [0.15, 0.2) is 194 Å². The van der Waals surface area contributed by atoms with Crippen molar-refractivity contribution in [3.8, 4) is 28.3 Å². The summed E-state index contributed by atoms with van der Waals surface area (Å²) in [4.78, 5) is 10.5. The highest BCUT2D eigenvalue weighted by molar-refractivity contribution is 7.26. The first-order valence-corrected chi connectivity index (χ1v) is 21.6. The summed E-state index contributed by atoms with van der Waals surface area (Å²) in [6.45, 7) is 0. The van der Waals surface area contributed by atoms with Gasteiger partial charge in [-0.15, -0.1) is 11.3 Å². The van der Waals surface area contributed by atoms with Gasteiger partial charge in [-0.3, -0.25) is 4.57 Å². The van der Waals surface area contributed by atoms with E-state index in [0.717, 1.165) is 33.2 Å². The molecule has 0 bridgehead atoms. The predicted octanol–water partition coefficient (Wildman–Crippen LogP) is 15.3. The van der Waals surface area contributed by atoms with Crippen molar-refractivity contribution in [1.82, 2.24) is 18.9 Å². The van der Waals surface area contributed by atoms with Crippen molar-refractivity contribution < 1.29 is 0 Å². The van der Waals surface area contributed by atoms with Crippen LogP contribution >= 0.6 is 11.3 Å². The van der Waals surface area contributed by atoms with Crippen LogP contribution in [0.5, 0.6) is 0 Å².